The Labute approximate surface area is 71.4 Å². The van der Waals surface area contributed by atoms with Crippen LogP contribution in [0.5, 0.6) is 0 Å². The highest BCUT2D eigenvalue weighted by atomic mass is 14.3. The van der Waals surface area contributed by atoms with Gasteiger partial charge in [-0.1, -0.05) is 33.6 Å². The van der Waals surface area contributed by atoms with E-state index in [0.29, 0.717) is 0 Å². The molecule has 0 nitrogen and oxygen atoms in total. The Bertz CT molecular complexity index is 96.6. The summed E-state index contributed by atoms with van der Waals surface area (Å²) in [6.45, 7) is 8.72. The van der Waals surface area contributed by atoms with Gasteiger partial charge in [0.15, 0.2) is 0 Å². The lowest BCUT2D eigenvalue weighted by Gasteiger charge is -2.31. The molecule has 0 spiro atoms. The molecule has 1 radical (unpaired) electrons. The van der Waals surface area contributed by atoms with Crippen LogP contribution < -0.4 is 0 Å². The Hall–Kier alpha value is 0. The Kier molecular flexibility index (Phi) is 3.42. The first-order chi connectivity index (χ1) is 5.22. The van der Waals surface area contributed by atoms with Gasteiger partial charge in [0.1, 0.15) is 0 Å². The minimum absolute atomic E-state index is 0.968. The van der Waals surface area contributed by atoms with E-state index in [2.05, 4.69) is 20.8 Å². The van der Waals surface area contributed by atoms with Crippen molar-refractivity contribution in [2.24, 2.45) is 17.8 Å². The number of hydrogen-bond donors (Lipinski definition) is 0. The maximum atomic E-state index is 3.93. The summed E-state index contributed by atoms with van der Waals surface area (Å²) in [5.41, 5.74) is 0. The molecule has 0 aromatic carbocycles. The third-order valence-electron chi connectivity index (χ3n) is 2.89. The van der Waals surface area contributed by atoms with Crippen LogP contribution in [0, 0.1) is 24.7 Å². The van der Waals surface area contributed by atoms with Crippen LogP contribution >= 0.6 is 0 Å². The molecule has 1 aliphatic rings. The smallest absolute Gasteiger partial charge is 0.0409 e. The van der Waals surface area contributed by atoms with Crippen molar-refractivity contribution in [1.29, 1.82) is 0 Å². The molecule has 11 heavy (non-hydrogen) atoms. The van der Waals surface area contributed by atoms with Gasteiger partial charge in [-0.25, -0.2) is 0 Å². The monoisotopic (exact) mass is 153 g/mol. The fraction of sp³-hybridized carbons (Fsp3) is 0.909. The van der Waals surface area contributed by atoms with Crippen molar-refractivity contribution in [3.63, 3.8) is 0 Å². The maximum absolute atomic E-state index is 3.93. The fourth-order valence-electron chi connectivity index (χ4n) is 2.64. The summed E-state index contributed by atoms with van der Waals surface area (Å²) in [6, 6.07) is 0. The van der Waals surface area contributed by atoms with Gasteiger partial charge in [0.05, 0.1) is 0 Å². The van der Waals surface area contributed by atoms with E-state index in [0.717, 1.165) is 24.2 Å². The van der Waals surface area contributed by atoms with Gasteiger partial charge in [-0.2, -0.15) is 0 Å². The summed E-state index contributed by atoms with van der Waals surface area (Å²) in [5, 5.41) is 0. The molecule has 0 amide bonds. The molecular weight excluding hydrogens is 132 g/mol. The molecule has 1 rings (SSSR count). The number of rotatable bonds is 2. The fourth-order valence-corrected chi connectivity index (χ4v) is 2.64. The summed E-state index contributed by atoms with van der Waals surface area (Å²) in [4.78, 5) is 0. The molecule has 1 saturated carbocycles. The Morgan fingerprint density at radius 1 is 1.09 bits per heavy atom. The molecule has 0 aliphatic heterocycles. The van der Waals surface area contributed by atoms with Crippen molar-refractivity contribution >= 4 is 0 Å². The van der Waals surface area contributed by atoms with Crippen LogP contribution in [-0.2, 0) is 0 Å². The normalized spacial score (nSPS) is 39.0. The predicted octanol–water partition coefficient (Wildman–Crippen LogP) is 3.67. The SMILES string of the molecule is [CH2]CCC1CC(C)CC(C)C1. The van der Waals surface area contributed by atoms with E-state index in [4.69, 9.17) is 0 Å². The quantitative estimate of drug-likeness (QED) is 0.568. The first-order valence-corrected chi connectivity index (χ1v) is 5.01. The Morgan fingerprint density at radius 2 is 1.64 bits per heavy atom. The van der Waals surface area contributed by atoms with Gasteiger partial charge in [0, 0.05) is 0 Å². The Morgan fingerprint density at radius 3 is 2.09 bits per heavy atom. The maximum Gasteiger partial charge on any atom is -0.0409 e. The number of hydrogen-bond acceptors (Lipinski definition) is 0. The molecule has 2 atom stereocenters. The molecule has 2 unspecified atom stereocenters. The molecule has 0 heteroatoms. The third-order valence-corrected chi connectivity index (χ3v) is 2.89. The summed E-state index contributed by atoms with van der Waals surface area (Å²) in [5.74, 6) is 2.93. The van der Waals surface area contributed by atoms with Crippen LogP contribution in [-0.4, -0.2) is 0 Å². The van der Waals surface area contributed by atoms with Crippen molar-refractivity contribution in [3.8, 4) is 0 Å². The van der Waals surface area contributed by atoms with E-state index in [1.807, 2.05) is 0 Å². The standard InChI is InChI=1S/C11H21/c1-4-5-11-7-9(2)6-10(3)8-11/h9-11H,1,4-8H2,2-3H3. The first-order valence-electron chi connectivity index (χ1n) is 5.01. The van der Waals surface area contributed by atoms with Crippen molar-refractivity contribution in [2.75, 3.05) is 0 Å². The molecule has 0 bridgehead atoms. The molecule has 0 heterocycles. The van der Waals surface area contributed by atoms with Crippen LogP contribution in [0.1, 0.15) is 46.0 Å². The zero-order valence-corrected chi connectivity index (χ0v) is 7.97. The zero-order chi connectivity index (χ0) is 8.27. The molecule has 0 aromatic rings. The van der Waals surface area contributed by atoms with Gasteiger partial charge >= 0.3 is 0 Å². The second kappa shape index (κ2) is 4.13. The van der Waals surface area contributed by atoms with Crippen LogP contribution in [0.3, 0.4) is 0 Å². The average molecular weight is 153 g/mol. The molecule has 0 N–H and O–H groups in total. The largest absolute Gasteiger partial charge is 0.0625 e. The average Bonchev–Trinajstić information content (AvgIpc) is 1.85. The van der Waals surface area contributed by atoms with E-state index >= 15 is 0 Å². The van der Waals surface area contributed by atoms with Gasteiger partial charge in [-0.3, -0.25) is 0 Å². The van der Waals surface area contributed by atoms with Crippen molar-refractivity contribution < 1.29 is 0 Å². The lowest BCUT2D eigenvalue weighted by atomic mass is 9.75. The van der Waals surface area contributed by atoms with E-state index in [1.165, 1.54) is 25.7 Å². The molecule has 65 valence electrons. The van der Waals surface area contributed by atoms with E-state index < -0.39 is 0 Å². The van der Waals surface area contributed by atoms with Gasteiger partial charge < -0.3 is 0 Å². The molecule has 0 aromatic heterocycles. The van der Waals surface area contributed by atoms with E-state index in [9.17, 15) is 0 Å². The summed E-state index contributed by atoms with van der Waals surface area (Å²) < 4.78 is 0. The molecular formula is C11H21. The summed E-state index contributed by atoms with van der Waals surface area (Å²) in [6.07, 6.45) is 6.85. The van der Waals surface area contributed by atoms with E-state index in [-0.39, 0.29) is 0 Å². The minimum atomic E-state index is 0.968. The van der Waals surface area contributed by atoms with Crippen molar-refractivity contribution in [2.45, 2.75) is 46.0 Å². The summed E-state index contributed by atoms with van der Waals surface area (Å²) >= 11 is 0. The third kappa shape index (κ3) is 2.84. The van der Waals surface area contributed by atoms with Crippen LogP contribution in [0.25, 0.3) is 0 Å². The first kappa shape index (κ1) is 9.09. The van der Waals surface area contributed by atoms with Crippen LogP contribution in [0.2, 0.25) is 0 Å². The lowest BCUT2D eigenvalue weighted by Crippen LogP contribution is -2.19. The second-order valence-electron chi connectivity index (χ2n) is 4.43. The highest BCUT2D eigenvalue weighted by Crippen LogP contribution is 2.34. The van der Waals surface area contributed by atoms with E-state index in [1.54, 1.807) is 0 Å². The summed E-state index contributed by atoms with van der Waals surface area (Å²) in [7, 11) is 0. The van der Waals surface area contributed by atoms with Crippen molar-refractivity contribution in [1.82, 2.24) is 0 Å². The minimum Gasteiger partial charge on any atom is -0.0625 e. The van der Waals surface area contributed by atoms with Gasteiger partial charge in [0.2, 0.25) is 0 Å². The lowest BCUT2D eigenvalue weighted by molar-refractivity contribution is 0.211. The second-order valence-corrected chi connectivity index (χ2v) is 4.43. The van der Waals surface area contributed by atoms with Crippen LogP contribution in [0.15, 0.2) is 0 Å². The van der Waals surface area contributed by atoms with Crippen LogP contribution in [0.4, 0.5) is 0 Å². The molecule has 0 saturated heterocycles. The molecule has 1 aliphatic carbocycles. The predicted molar refractivity (Wildman–Crippen MR) is 50.3 cm³/mol. The van der Waals surface area contributed by atoms with Crippen molar-refractivity contribution in [3.05, 3.63) is 6.92 Å². The van der Waals surface area contributed by atoms with Gasteiger partial charge in [-0.05, 0) is 37.0 Å². The highest BCUT2D eigenvalue weighted by Gasteiger charge is 2.22. The molecule has 1 fully saturated rings. The van der Waals surface area contributed by atoms with Gasteiger partial charge in [-0.15, -0.1) is 0 Å². The topological polar surface area (TPSA) is 0 Å². The zero-order valence-electron chi connectivity index (χ0n) is 7.97. The Balaban J connectivity index is 2.30. The van der Waals surface area contributed by atoms with Gasteiger partial charge in [0.25, 0.3) is 0 Å². The highest BCUT2D eigenvalue weighted by molar-refractivity contribution is 4.74.